The standard InChI is InChI=1S/C28H33ClN4O4/c1-18(2)6-5-13-36-26-16-23(29)19(3)14-24(26)33-28(35)32-17-20-7-9-21(10-8-20)37-22-11-12-31-25(15-22)27(34)30-4/h7-12,14-16,18H,5-6,13,17H2,1-4H3,(H,30,34)(H2,32,33,35). The van der Waals surface area contributed by atoms with Crippen LogP contribution < -0.4 is 25.4 Å². The fourth-order valence-electron chi connectivity index (χ4n) is 3.44. The largest absolute Gasteiger partial charge is 0.491 e. The van der Waals surface area contributed by atoms with Crippen LogP contribution >= 0.6 is 11.6 Å². The molecule has 3 N–H and O–H groups in total. The van der Waals surface area contributed by atoms with Gasteiger partial charge in [0.15, 0.2) is 0 Å². The molecule has 2 aromatic carbocycles. The lowest BCUT2D eigenvalue weighted by Gasteiger charge is -2.15. The van der Waals surface area contributed by atoms with Crippen molar-refractivity contribution < 1.29 is 19.1 Å². The summed E-state index contributed by atoms with van der Waals surface area (Å²) in [6.07, 6.45) is 3.50. The summed E-state index contributed by atoms with van der Waals surface area (Å²) in [6, 6.07) is 13.7. The van der Waals surface area contributed by atoms with E-state index in [1.807, 2.05) is 19.1 Å². The molecule has 0 spiro atoms. The number of ether oxygens (including phenoxy) is 2. The molecule has 3 amide bonds. The molecular weight excluding hydrogens is 492 g/mol. The molecule has 0 aliphatic carbocycles. The summed E-state index contributed by atoms with van der Waals surface area (Å²) in [5.74, 6) is 1.96. The summed E-state index contributed by atoms with van der Waals surface area (Å²) < 4.78 is 11.7. The second kappa shape index (κ2) is 13.5. The number of urea groups is 1. The van der Waals surface area contributed by atoms with Crippen molar-refractivity contribution in [2.75, 3.05) is 19.0 Å². The quantitative estimate of drug-likeness (QED) is 0.254. The monoisotopic (exact) mass is 524 g/mol. The molecule has 9 heteroatoms. The Kier molecular flexibility index (Phi) is 10.1. The topological polar surface area (TPSA) is 102 Å². The zero-order chi connectivity index (χ0) is 26.8. The number of pyridine rings is 1. The maximum Gasteiger partial charge on any atom is 0.319 e. The van der Waals surface area contributed by atoms with Crippen molar-refractivity contribution in [2.24, 2.45) is 5.92 Å². The normalized spacial score (nSPS) is 10.6. The first kappa shape index (κ1) is 27.8. The molecule has 0 radical (unpaired) electrons. The Morgan fingerprint density at radius 3 is 2.51 bits per heavy atom. The van der Waals surface area contributed by atoms with Gasteiger partial charge in [0, 0.05) is 36.9 Å². The van der Waals surface area contributed by atoms with Crippen LogP contribution in [-0.2, 0) is 6.54 Å². The first-order valence-corrected chi connectivity index (χ1v) is 12.6. The predicted octanol–water partition coefficient (Wildman–Crippen LogP) is 6.33. The fourth-order valence-corrected chi connectivity index (χ4v) is 3.59. The Morgan fingerprint density at radius 2 is 1.81 bits per heavy atom. The zero-order valence-corrected chi connectivity index (χ0v) is 22.3. The van der Waals surface area contributed by atoms with Gasteiger partial charge in [0.25, 0.3) is 5.91 Å². The summed E-state index contributed by atoms with van der Waals surface area (Å²) in [5.41, 5.74) is 2.58. The van der Waals surface area contributed by atoms with Crippen LogP contribution in [0.5, 0.6) is 17.2 Å². The highest BCUT2D eigenvalue weighted by Crippen LogP contribution is 2.31. The Morgan fingerprint density at radius 1 is 1.05 bits per heavy atom. The summed E-state index contributed by atoms with van der Waals surface area (Å²) in [6.45, 7) is 7.09. The summed E-state index contributed by atoms with van der Waals surface area (Å²) in [5, 5.41) is 8.84. The summed E-state index contributed by atoms with van der Waals surface area (Å²) in [7, 11) is 1.54. The van der Waals surface area contributed by atoms with Gasteiger partial charge in [-0.25, -0.2) is 4.79 Å². The number of hydrogen-bond acceptors (Lipinski definition) is 5. The van der Waals surface area contributed by atoms with Crippen LogP contribution in [0, 0.1) is 12.8 Å². The number of nitrogens with zero attached hydrogens (tertiary/aromatic N) is 1. The van der Waals surface area contributed by atoms with Gasteiger partial charge in [0.2, 0.25) is 0 Å². The third-order valence-corrected chi connectivity index (χ3v) is 5.90. The molecule has 0 aliphatic rings. The van der Waals surface area contributed by atoms with Gasteiger partial charge >= 0.3 is 6.03 Å². The molecule has 1 heterocycles. The van der Waals surface area contributed by atoms with Crippen LogP contribution in [0.2, 0.25) is 5.02 Å². The molecule has 0 atom stereocenters. The van der Waals surface area contributed by atoms with Crippen molar-refractivity contribution in [3.8, 4) is 17.2 Å². The lowest BCUT2D eigenvalue weighted by molar-refractivity contribution is 0.0957. The third-order valence-electron chi connectivity index (χ3n) is 5.50. The zero-order valence-electron chi connectivity index (χ0n) is 21.6. The van der Waals surface area contributed by atoms with Gasteiger partial charge < -0.3 is 25.4 Å². The third kappa shape index (κ3) is 8.68. The summed E-state index contributed by atoms with van der Waals surface area (Å²) in [4.78, 5) is 28.4. The SMILES string of the molecule is CNC(=O)c1cc(Oc2ccc(CNC(=O)Nc3cc(C)c(Cl)cc3OCCCC(C)C)cc2)ccn1. The van der Waals surface area contributed by atoms with Crippen LogP contribution in [0.25, 0.3) is 0 Å². The lowest BCUT2D eigenvalue weighted by atomic mass is 10.1. The lowest BCUT2D eigenvalue weighted by Crippen LogP contribution is -2.28. The molecule has 0 unspecified atom stereocenters. The van der Waals surface area contributed by atoms with E-state index in [0.29, 0.717) is 47.0 Å². The molecule has 1 aromatic heterocycles. The predicted molar refractivity (Wildman–Crippen MR) is 146 cm³/mol. The Balaban J connectivity index is 1.55. The molecule has 8 nitrogen and oxygen atoms in total. The second-order valence-corrected chi connectivity index (χ2v) is 9.40. The highest BCUT2D eigenvalue weighted by atomic mass is 35.5. The van der Waals surface area contributed by atoms with Crippen molar-refractivity contribution in [2.45, 2.75) is 40.2 Å². The van der Waals surface area contributed by atoms with Crippen molar-refractivity contribution >= 4 is 29.2 Å². The Hall–Kier alpha value is -3.78. The van der Waals surface area contributed by atoms with Crippen molar-refractivity contribution in [3.63, 3.8) is 0 Å². The molecule has 37 heavy (non-hydrogen) atoms. The van der Waals surface area contributed by atoms with Gasteiger partial charge in [-0.15, -0.1) is 0 Å². The Labute approximate surface area is 222 Å². The number of aromatic nitrogens is 1. The molecule has 0 saturated carbocycles. The van der Waals surface area contributed by atoms with Gasteiger partial charge in [-0.2, -0.15) is 0 Å². The number of anilines is 1. The molecule has 3 rings (SSSR count). The van der Waals surface area contributed by atoms with E-state index in [4.69, 9.17) is 21.1 Å². The van der Waals surface area contributed by atoms with Crippen molar-refractivity contribution in [1.29, 1.82) is 0 Å². The van der Waals surface area contributed by atoms with E-state index in [2.05, 4.69) is 34.8 Å². The molecule has 196 valence electrons. The van der Waals surface area contributed by atoms with Gasteiger partial charge in [0.1, 0.15) is 22.9 Å². The number of carbonyl (C=O) groups excluding carboxylic acids is 2. The average molecular weight is 525 g/mol. The van der Waals surface area contributed by atoms with E-state index in [0.717, 1.165) is 24.0 Å². The van der Waals surface area contributed by atoms with Crippen LogP contribution in [0.4, 0.5) is 10.5 Å². The number of aryl methyl sites for hydroxylation is 1. The van der Waals surface area contributed by atoms with Crippen LogP contribution in [0.3, 0.4) is 0 Å². The molecule has 0 bridgehead atoms. The van der Waals surface area contributed by atoms with Crippen molar-refractivity contribution in [1.82, 2.24) is 15.6 Å². The first-order chi connectivity index (χ1) is 17.7. The number of hydrogen-bond donors (Lipinski definition) is 3. The van der Waals surface area contributed by atoms with Gasteiger partial charge in [-0.1, -0.05) is 37.6 Å². The van der Waals surface area contributed by atoms with E-state index in [1.165, 1.54) is 6.20 Å². The maximum atomic E-state index is 12.6. The number of nitrogens with one attached hydrogen (secondary N) is 3. The van der Waals surface area contributed by atoms with E-state index < -0.39 is 0 Å². The van der Waals surface area contributed by atoms with Gasteiger partial charge in [-0.3, -0.25) is 9.78 Å². The number of benzene rings is 2. The minimum Gasteiger partial charge on any atom is -0.491 e. The van der Waals surface area contributed by atoms with Crippen LogP contribution in [0.15, 0.2) is 54.7 Å². The number of rotatable bonds is 11. The molecule has 0 fully saturated rings. The second-order valence-electron chi connectivity index (χ2n) is 8.99. The van der Waals surface area contributed by atoms with E-state index >= 15 is 0 Å². The van der Waals surface area contributed by atoms with E-state index in [-0.39, 0.29) is 17.6 Å². The van der Waals surface area contributed by atoms with Crippen LogP contribution in [-0.4, -0.2) is 30.6 Å². The molecule has 0 saturated heterocycles. The minimum atomic E-state index is -0.354. The van der Waals surface area contributed by atoms with E-state index in [9.17, 15) is 9.59 Å². The van der Waals surface area contributed by atoms with E-state index in [1.54, 1.807) is 43.4 Å². The van der Waals surface area contributed by atoms with Crippen LogP contribution in [0.1, 0.15) is 48.3 Å². The maximum absolute atomic E-state index is 12.6. The fraction of sp³-hybridized carbons (Fsp3) is 0.321. The minimum absolute atomic E-state index is 0.270. The number of amides is 3. The first-order valence-electron chi connectivity index (χ1n) is 12.2. The highest BCUT2D eigenvalue weighted by molar-refractivity contribution is 6.31. The summed E-state index contributed by atoms with van der Waals surface area (Å²) >= 11 is 6.28. The molecule has 0 aliphatic heterocycles. The average Bonchev–Trinajstić information content (AvgIpc) is 2.88. The smallest absolute Gasteiger partial charge is 0.319 e. The number of carbonyl (C=O) groups is 2. The number of halogens is 1. The van der Waals surface area contributed by atoms with Crippen molar-refractivity contribution in [3.05, 3.63) is 76.6 Å². The molecule has 3 aromatic rings. The van der Waals surface area contributed by atoms with Gasteiger partial charge in [-0.05, 0) is 61.1 Å². The molecular formula is C28H33ClN4O4. The van der Waals surface area contributed by atoms with Gasteiger partial charge in [0.05, 0.1) is 12.3 Å². The highest BCUT2D eigenvalue weighted by Gasteiger charge is 2.12. The Bertz CT molecular complexity index is 1220.